The second-order valence-electron chi connectivity index (χ2n) is 9.24. The number of hydrogen-bond acceptors (Lipinski definition) is 4. The summed E-state index contributed by atoms with van der Waals surface area (Å²) in [5.74, 6) is -1.88. The number of nitrogens with zero attached hydrogens (tertiary/aromatic N) is 2. The molecule has 0 saturated carbocycles. The summed E-state index contributed by atoms with van der Waals surface area (Å²) in [6.45, 7) is 4.27. The zero-order chi connectivity index (χ0) is 24.7. The van der Waals surface area contributed by atoms with Crippen molar-refractivity contribution in [3.05, 3.63) is 94.6 Å². The number of hydrogen-bond donors (Lipinski definition) is 2. The third kappa shape index (κ3) is 4.61. The van der Waals surface area contributed by atoms with Crippen LogP contribution in [0.5, 0.6) is 0 Å². The fourth-order valence-electron chi connectivity index (χ4n) is 5.03. The van der Waals surface area contributed by atoms with Gasteiger partial charge in [0.2, 0.25) is 11.8 Å². The number of amides is 2. The lowest BCUT2D eigenvalue weighted by molar-refractivity contribution is -0.135. The lowest BCUT2D eigenvalue weighted by Crippen LogP contribution is -2.41. The van der Waals surface area contributed by atoms with Gasteiger partial charge in [-0.15, -0.1) is 0 Å². The molecule has 1 saturated heterocycles. The molecule has 2 atom stereocenters. The molecule has 0 spiro atoms. The van der Waals surface area contributed by atoms with Crippen LogP contribution in [0.15, 0.2) is 60.7 Å². The molecule has 2 heterocycles. The van der Waals surface area contributed by atoms with E-state index in [1.165, 1.54) is 23.2 Å². The Kier molecular flexibility index (Phi) is 5.98. The van der Waals surface area contributed by atoms with E-state index in [0.29, 0.717) is 23.4 Å². The van der Waals surface area contributed by atoms with E-state index in [9.17, 15) is 18.4 Å². The summed E-state index contributed by atoms with van der Waals surface area (Å²) in [4.78, 5) is 27.9. The van der Waals surface area contributed by atoms with E-state index < -0.39 is 17.8 Å². The Bertz CT molecular complexity index is 1290. The molecule has 2 N–H and O–H groups in total. The van der Waals surface area contributed by atoms with Gasteiger partial charge in [0.05, 0.1) is 12.0 Å². The third-order valence-electron chi connectivity index (χ3n) is 6.49. The van der Waals surface area contributed by atoms with Crippen LogP contribution in [-0.4, -0.2) is 29.9 Å². The molecule has 0 aliphatic carbocycles. The number of aryl methyl sites for hydroxylation is 2. The molecular formula is C27H26F2N4O2. The topological polar surface area (TPSA) is 64.7 Å². The number of fused-ring (bicyclic) bond motifs is 3. The number of nitrogens with one attached hydrogen (secondary N) is 2. The first-order valence-corrected chi connectivity index (χ1v) is 11.5. The molecule has 3 aromatic rings. The molecule has 5 rings (SSSR count). The normalized spacial score (nSPS) is 18.9. The molecule has 0 aromatic heterocycles. The Morgan fingerprint density at radius 1 is 1.06 bits per heavy atom. The van der Waals surface area contributed by atoms with Crippen LogP contribution in [0.2, 0.25) is 0 Å². The first-order valence-electron chi connectivity index (χ1n) is 11.5. The highest BCUT2D eigenvalue weighted by molar-refractivity contribution is 5.95. The van der Waals surface area contributed by atoms with E-state index in [0.717, 1.165) is 16.8 Å². The van der Waals surface area contributed by atoms with Crippen molar-refractivity contribution in [1.82, 2.24) is 10.4 Å². The maximum atomic E-state index is 14.3. The van der Waals surface area contributed by atoms with Gasteiger partial charge in [0.25, 0.3) is 0 Å². The van der Waals surface area contributed by atoms with E-state index in [4.69, 9.17) is 0 Å². The summed E-state index contributed by atoms with van der Waals surface area (Å²) in [6.07, 6.45) is 0. The van der Waals surface area contributed by atoms with Crippen molar-refractivity contribution in [2.24, 2.45) is 5.92 Å². The smallest absolute Gasteiger partial charge is 0.245 e. The van der Waals surface area contributed by atoms with Crippen LogP contribution in [-0.2, 0) is 16.1 Å². The van der Waals surface area contributed by atoms with Gasteiger partial charge in [0.1, 0.15) is 18.2 Å². The summed E-state index contributed by atoms with van der Waals surface area (Å²) in [6, 6.07) is 16.2. The largest absolute Gasteiger partial charge is 0.366 e. The van der Waals surface area contributed by atoms with E-state index in [1.54, 1.807) is 24.3 Å². The number of rotatable bonds is 5. The minimum Gasteiger partial charge on any atom is -0.366 e. The Labute approximate surface area is 202 Å². The fourth-order valence-corrected chi connectivity index (χ4v) is 5.03. The van der Waals surface area contributed by atoms with Crippen molar-refractivity contribution < 1.29 is 18.4 Å². The molecule has 180 valence electrons. The van der Waals surface area contributed by atoms with Gasteiger partial charge in [0.15, 0.2) is 0 Å². The molecule has 0 bridgehead atoms. The first-order chi connectivity index (χ1) is 16.8. The highest BCUT2D eigenvalue weighted by atomic mass is 19.1. The minimum absolute atomic E-state index is 0.184. The second-order valence-corrected chi connectivity index (χ2v) is 9.24. The maximum absolute atomic E-state index is 14.3. The predicted molar refractivity (Wildman–Crippen MR) is 129 cm³/mol. The van der Waals surface area contributed by atoms with Crippen LogP contribution in [0, 0.1) is 31.4 Å². The summed E-state index contributed by atoms with van der Waals surface area (Å²) < 4.78 is 28.6. The second kappa shape index (κ2) is 9.11. The van der Waals surface area contributed by atoms with Crippen molar-refractivity contribution >= 4 is 23.2 Å². The molecule has 2 aliphatic rings. The van der Waals surface area contributed by atoms with Crippen molar-refractivity contribution in [2.45, 2.75) is 26.4 Å². The predicted octanol–water partition coefficient (Wildman–Crippen LogP) is 4.24. The number of carbonyl (C=O) groups is 2. The van der Waals surface area contributed by atoms with Crippen molar-refractivity contribution in [3.63, 3.8) is 0 Å². The Hall–Kier alpha value is -3.78. The maximum Gasteiger partial charge on any atom is 0.245 e. The van der Waals surface area contributed by atoms with Gasteiger partial charge in [-0.05, 0) is 66.9 Å². The Balaban J connectivity index is 1.37. The molecule has 6 nitrogen and oxygen atoms in total. The average molecular weight is 477 g/mol. The zero-order valence-corrected chi connectivity index (χ0v) is 19.5. The van der Waals surface area contributed by atoms with Gasteiger partial charge in [0, 0.05) is 30.0 Å². The van der Waals surface area contributed by atoms with Gasteiger partial charge in [-0.25, -0.2) is 14.2 Å². The summed E-state index contributed by atoms with van der Waals surface area (Å²) in [7, 11) is 0. The van der Waals surface area contributed by atoms with Gasteiger partial charge in [-0.1, -0.05) is 24.3 Å². The van der Waals surface area contributed by atoms with Crippen LogP contribution in [0.1, 0.15) is 28.3 Å². The number of carbonyl (C=O) groups excluding carboxylic acids is 2. The zero-order valence-electron chi connectivity index (χ0n) is 19.5. The lowest BCUT2D eigenvalue weighted by Gasteiger charge is -2.36. The average Bonchev–Trinajstić information content (AvgIpc) is 3.10. The van der Waals surface area contributed by atoms with E-state index >= 15 is 0 Å². The molecule has 2 unspecified atom stereocenters. The van der Waals surface area contributed by atoms with Crippen LogP contribution in [0.3, 0.4) is 0 Å². The van der Waals surface area contributed by atoms with Crippen molar-refractivity contribution in [3.8, 4) is 0 Å². The molecule has 35 heavy (non-hydrogen) atoms. The number of hydrazine groups is 1. The van der Waals surface area contributed by atoms with E-state index in [-0.39, 0.29) is 30.7 Å². The highest BCUT2D eigenvalue weighted by Crippen LogP contribution is 2.42. The third-order valence-corrected chi connectivity index (χ3v) is 6.49. The van der Waals surface area contributed by atoms with Crippen LogP contribution >= 0.6 is 0 Å². The fraction of sp³-hybridized carbons (Fsp3) is 0.259. The molecule has 0 radical (unpaired) electrons. The van der Waals surface area contributed by atoms with Crippen LogP contribution in [0.4, 0.5) is 20.2 Å². The van der Waals surface area contributed by atoms with Gasteiger partial charge < -0.3 is 10.2 Å². The molecule has 3 aromatic carbocycles. The van der Waals surface area contributed by atoms with Gasteiger partial charge in [-0.2, -0.15) is 0 Å². The SMILES string of the molecule is Cc1cc(C)cc(NC(=O)CN2NC3c4cc(F)ccc4N(Cc4ccccc4F)CC3C2=O)c1. The highest BCUT2D eigenvalue weighted by Gasteiger charge is 2.46. The first kappa shape index (κ1) is 23.0. The Morgan fingerprint density at radius 3 is 2.54 bits per heavy atom. The number of anilines is 2. The minimum atomic E-state index is -0.537. The quantitative estimate of drug-likeness (QED) is 0.578. The molecule has 2 amide bonds. The van der Waals surface area contributed by atoms with Crippen LogP contribution in [0.25, 0.3) is 0 Å². The summed E-state index contributed by atoms with van der Waals surface area (Å²) in [5.41, 5.74) is 7.67. The van der Waals surface area contributed by atoms with Gasteiger partial charge in [-0.3, -0.25) is 14.6 Å². The summed E-state index contributed by atoms with van der Waals surface area (Å²) >= 11 is 0. The molecule has 2 aliphatic heterocycles. The molecular weight excluding hydrogens is 450 g/mol. The lowest BCUT2D eigenvalue weighted by atomic mass is 9.88. The summed E-state index contributed by atoms with van der Waals surface area (Å²) in [5, 5.41) is 4.14. The molecule has 8 heteroatoms. The monoisotopic (exact) mass is 476 g/mol. The van der Waals surface area contributed by atoms with Crippen molar-refractivity contribution in [2.75, 3.05) is 23.3 Å². The van der Waals surface area contributed by atoms with Crippen molar-refractivity contribution in [1.29, 1.82) is 0 Å². The van der Waals surface area contributed by atoms with E-state index in [1.807, 2.05) is 36.9 Å². The Morgan fingerprint density at radius 2 is 1.80 bits per heavy atom. The number of benzene rings is 3. The standard InChI is InChI=1S/C27H26F2N4O2/c1-16-9-17(2)11-20(10-16)30-25(34)15-33-27(35)22-14-32(13-18-5-3-4-6-23(18)29)24-8-7-19(28)12-21(24)26(22)31-33/h3-12,22,26,31H,13-15H2,1-2H3,(H,30,34). The van der Waals surface area contributed by atoms with Gasteiger partial charge >= 0.3 is 0 Å². The van der Waals surface area contributed by atoms with Crippen LogP contribution < -0.4 is 15.6 Å². The number of halogens is 2. The molecule has 1 fully saturated rings. The van der Waals surface area contributed by atoms with E-state index in [2.05, 4.69) is 10.7 Å².